The van der Waals surface area contributed by atoms with Crippen LogP contribution in [0.15, 0.2) is 12.3 Å². The third-order valence-corrected chi connectivity index (χ3v) is 4.27. The maximum absolute atomic E-state index is 12.3. The molecule has 0 fully saturated rings. The number of nitrogens with zero attached hydrogens (tertiary/aromatic N) is 4. The van der Waals surface area contributed by atoms with E-state index in [2.05, 4.69) is 28.5 Å². The molecule has 0 amide bonds. The van der Waals surface area contributed by atoms with E-state index in [1.165, 1.54) is 11.5 Å². The first-order chi connectivity index (χ1) is 9.69. The maximum Gasteiger partial charge on any atom is 0.182 e. The Kier molecular flexibility index (Phi) is 5.00. The fourth-order valence-corrected chi connectivity index (χ4v) is 2.92. The van der Waals surface area contributed by atoms with Gasteiger partial charge in [0.2, 0.25) is 0 Å². The standard InChI is InChI=1S/C14H20N4OS/c1-4-11(5-2)18-8-7-10(16-18)9-13(19)14-12(6-3)15-17-20-14/h7-8,11H,4-6,9H2,1-3H3. The van der Waals surface area contributed by atoms with Crippen LogP contribution < -0.4 is 0 Å². The summed E-state index contributed by atoms with van der Waals surface area (Å²) in [6.45, 7) is 6.28. The molecule has 2 aromatic heterocycles. The van der Waals surface area contributed by atoms with E-state index in [1.807, 2.05) is 23.9 Å². The molecule has 0 saturated carbocycles. The van der Waals surface area contributed by atoms with Gasteiger partial charge in [0.1, 0.15) is 4.88 Å². The smallest absolute Gasteiger partial charge is 0.182 e. The van der Waals surface area contributed by atoms with Crippen LogP contribution in [0, 0.1) is 0 Å². The zero-order valence-electron chi connectivity index (χ0n) is 12.2. The van der Waals surface area contributed by atoms with Crippen molar-refractivity contribution in [1.29, 1.82) is 0 Å². The summed E-state index contributed by atoms with van der Waals surface area (Å²) in [5, 5.41) is 8.50. The van der Waals surface area contributed by atoms with Gasteiger partial charge in [-0.05, 0) is 36.9 Å². The van der Waals surface area contributed by atoms with E-state index >= 15 is 0 Å². The van der Waals surface area contributed by atoms with Crippen molar-refractivity contribution in [2.24, 2.45) is 0 Å². The third-order valence-electron chi connectivity index (χ3n) is 3.47. The highest BCUT2D eigenvalue weighted by Crippen LogP contribution is 2.17. The summed E-state index contributed by atoms with van der Waals surface area (Å²) in [5.74, 6) is 0.0617. The molecule has 0 saturated heterocycles. The van der Waals surface area contributed by atoms with Gasteiger partial charge in [-0.2, -0.15) is 5.10 Å². The van der Waals surface area contributed by atoms with E-state index in [4.69, 9.17) is 0 Å². The van der Waals surface area contributed by atoms with Gasteiger partial charge in [-0.25, -0.2) is 0 Å². The Bertz CT molecular complexity index is 571. The molecule has 108 valence electrons. The molecule has 0 radical (unpaired) electrons. The molecule has 0 aliphatic carbocycles. The van der Waals surface area contributed by atoms with Crippen molar-refractivity contribution in [2.75, 3.05) is 0 Å². The highest BCUT2D eigenvalue weighted by molar-refractivity contribution is 7.08. The maximum atomic E-state index is 12.3. The molecule has 0 spiro atoms. The second-order valence-electron chi connectivity index (χ2n) is 4.76. The van der Waals surface area contributed by atoms with Crippen molar-refractivity contribution in [2.45, 2.75) is 52.5 Å². The molecule has 0 bridgehead atoms. The lowest BCUT2D eigenvalue weighted by atomic mass is 10.1. The summed E-state index contributed by atoms with van der Waals surface area (Å²) in [6, 6.07) is 2.34. The first-order valence-corrected chi connectivity index (χ1v) is 7.85. The molecule has 0 aliphatic rings. The van der Waals surface area contributed by atoms with Crippen molar-refractivity contribution >= 4 is 17.3 Å². The minimum Gasteiger partial charge on any atom is -0.293 e. The SMILES string of the molecule is CCc1nnsc1C(=O)Cc1ccn(C(CC)CC)n1. The van der Waals surface area contributed by atoms with Gasteiger partial charge in [0, 0.05) is 6.20 Å². The van der Waals surface area contributed by atoms with Gasteiger partial charge >= 0.3 is 0 Å². The molecule has 0 aromatic carbocycles. The van der Waals surface area contributed by atoms with Crippen LogP contribution in [-0.2, 0) is 12.8 Å². The third kappa shape index (κ3) is 3.12. The van der Waals surface area contributed by atoms with E-state index < -0.39 is 0 Å². The summed E-state index contributed by atoms with van der Waals surface area (Å²) >= 11 is 1.18. The average molecular weight is 292 g/mol. The molecule has 0 aliphatic heterocycles. The van der Waals surface area contributed by atoms with E-state index in [0.717, 1.165) is 30.7 Å². The molecular formula is C14H20N4OS. The van der Waals surface area contributed by atoms with Gasteiger partial charge in [-0.15, -0.1) is 5.10 Å². The van der Waals surface area contributed by atoms with Crippen LogP contribution in [0.4, 0.5) is 0 Å². The lowest BCUT2D eigenvalue weighted by molar-refractivity contribution is 0.0994. The molecule has 2 aromatic rings. The first kappa shape index (κ1) is 14.8. The van der Waals surface area contributed by atoms with Gasteiger partial charge < -0.3 is 0 Å². The summed E-state index contributed by atoms with van der Waals surface area (Å²) in [4.78, 5) is 12.9. The molecular weight excluding hydrogens is 272 g/mol. The van der Waals surface area contributed by atoms with Crippen molar-refractivity contribution < 1.29 is 4.79 Å². The molecule has 0 unspecified atom stereocenters. The Morgan fingerprint density at radius 3 is 2.75 bits per heavy atom. The Labute approximate surface area is 123 Å². The minimum atomic E-state index is 0.0617. The van der Waals surface area contributed by atoms with Gasteiger partial charge in [-0.1, -0.05) is 25.3 Å². The molecule has 5 nitrogen and oxygen atoms in total. The predicted octanol–water partition coefficient (Wildman–Crippen LogP) is 3.08. The first-order valence-electron chi connectivity index (χ1n) is 7.07. The normalized spacial score (nSPS) is 11.2. The molecule has 0 N–H and O–H groups in total. The Morgan fingerprint density at radius 1 is 1.35 bits per heavy atom. The van der Waals surface area contributed by atoms with Crippen LogP contribution in [0.1, 0.15) is 60.7 Å². The number of aryl methyl sites for hydroxylation is 1. The number of hydrogen-bond donors (Lipinski definition) is 0. The fourth-order valence-electron chi connectivity index (χ4n) is 2.23. The van der Waals surface area contributed by atoms with Crippen LogP contribution >= 0.6 is 11.5 Å². The summed E-state index contributed by atoms with van der Waals surface area (Å²) < 4.78 is 5.83. The zero-order valence-corrected chi connectivity index (χ0v) is 13.0. The lowest BCUT2D eigenvalue weighted by Gasteiger charge is -2.12. The Balaban J connectivity index is 2.09. The van der Waals surface area contributed by atoms with Crippen molar-refractivity contribution in [3.8, 4) is 0 Å². The largest absolute Gasteiger partial charge is 0.293 e. The zero-order chi connectivity index (χ0) is 14.5. The highest BCUT2D eigenvalue weighted by Gasteiger charge is 2.17. The molecule has 20 heavy (non-hydrogen) atoms. The number of rotatable bonds is 7. The van der Waals surface area contributed by atoms with E-state index in [9.17, 15) is 4.79 Å². The monoisotopic (exact) mass is 292 g/mol. The molecule has 6 heteroatoms. The topological polar surface area (TPSA) is 60.7 Å². The van der Waals surface area contributed by atoms with E-state index in [1.54, 1.807) is 0 Å². The van der Waals surface area contributed by atoms with Crippen LogP contribution in [0.5, 0.6) is 0 Å². The van der Waals surface area contributed by atoms with Crippen LogP contribution in [0.3, 0.4) is 0 Å². The fraction of sp³-hybridized carbons (Fsp3) is 0.571. The summed E-state index contributed by atoms with van der Waals surface area (Å²) in [5.41, 5.74) is 1.61. The van der Waals surface area contributed by atoms with Crippen molar-refractivity contribution in [3.05, 3.63) is 28.5 Å². The quantitative estimate of drug-likeness (QED) is 0.736. The average Bonchev–Trinajstić information content (AvgIpc) is 3.09. The van der Waals surface area contributed by atoms with Gasteiger partial charge in [0.15, 0.2) is 5.78 Å². The number of aromatic nitrogens is 4. The number of hydrogen-bond acceptors (Lipinski definition) is 5. The summed E-state index contributed by atoms with van der Waals surface area (Å²) in [6.07, 6.45) is 5.12. The van der Waals surface area contributed by atoms with Crippen LogP contribution in [-0.4, -0.2) is 25.2 Å². The molecule has 0 atom stereocenters. The van der Waals surface area contributed by atoms with Gasteiger partial charge in [0.05, 0.1) is 23.9 Å². The predicted molar refractivity (Wildman–Crippen MR) is 79.2 cm³/mol. The summed E-state index contributed by atoms with van der Waals surface area (Å²) in [7, 11) is 0. The number of carbonyl (C=O) groups is 1. The van der Waals surface area contributed by atoms with Crippen LogP contribution in [0.25, 0.3) is 0 Å². The second kappa shape index (κ2) is 6.74. The van der Waals surface area contributed by atoms with Crippen molar-refractivity contribution in [1.82, 2.24) is 19.4 Å². The van der Waals surface area contributed by atoms with Gasteiger partial charge in [0.25, 0.3) is 0 Å². The second-order valence-corrected chi connectivity index (χ2v) is 5.51. The number of Topliss-reactive ketones (excluding diaryl/α,β-unsaturated/α-hetero) is 1. The van der Waals surface area contributed by atoms with E-state index in [0.29, 0.717) is 17.3 Å². The van der Waals surface area contributed by atoms with E-state index in [-0.39, 0.29) is 5.78 Å². The minimum absolute atomic E-state index is 0.0617. The van der Waals surface area contributed by atoms with Crippen LogP contribution in [0.2, 0.25) is 0 Å². The van der Waals surface area contributed by atoms with Crippen molar-refractivity contribution in [3.63, 3.8) is 0 Å². The number of ketones is 1. The highest BCUT2D eigenvalue weighted by atomic mass is 32.1. The Morgan fingerprint density at radius 2 is 2.10 bits per heavy atom. The number of carbonyl (C=O) groups excluding carboxylic acids is 1. The molecule has 2 heterocycles. The Hall–Kier alpha value is -1.56. The van der Waals surface area contributed by atoms with Gasteiger partial charge in [-0.3, -0.25) is 9.48 Å². The molecule has 2 rings (SSSR count). The lowest BCUT2D eigenvalue weighted by Crippen LogP contribution is -2.09.